The lowest BCUT2D eigenvalue weighted by Gasteiger charge is -2.11. The maximum Gasteiger partial charge on any atom is 0.425 e. The molecule has 18 heteroatoms. The van der Waals surface area contributed by atoms with Crippen molar-refractivity contribution in [3.63, 3.8) is 0 Å². The van der Waals surface area contributed by atoms with Gasteiger partial charge >= 0.3 is 10.6 Å². The van der Waals surface area contributed by atoms with Crippen molar-refractivity contribution in [3.8, 4) is 5.75 Å². The molecule has 0 aliphatic rings. The number of fused-ring (bicyclic) bond motifs is 1. The number of benzene rings is 3. The van der Waals surface area contributed by atoms with Gasteiger partial charge in [-0.05, 0) is 35.7 Å². The van der Waals surface area contributed by atoms with Gasteiger partial charge < -0.3 is 16.2 Å². The Bertz CT molecular complexity index is 1360. The molecule has 0 spiro atoms. The van der Waals surface area contributed by atoms with Gasteiger partial charge in [0.05, 0.1) is 45.0 Å². The first-order valence-electron chi connectivity index (χ1n) is 9.11. The molecule has 6 N–H and O–H groups in total. The third-order valence-electron chi connectivity index (χ3n) is 3.97. The first-order chi connectivity index (χ1) is 17.2. The fourth-order valence-electron chi connectivity index (χ4n) is 2.73. The van der Waals surface area contributed by atoms with Gasteiger partial charge in [-0.1, -0.05) is 22.2 Å². The topological polar surface area (TPSA) is 229 Å². The van der Waals surface area contributed by atoms with Crippen molar-refractivity contribution in [2.45, 2.75) is 16.7 Å². The van der Waals surface area contributed by atoms with E-state index in [0.717, 1.165) is 0 Å². The van der Waals surface area contributed by atoms with Crippen molar-refractivity contribution < 1.29 is 51.8 Å². The molecule has 192 valence electrons. The molecule has 0 saturated carbocycles. The predicted molar refractivity (Wildman–Crippen MR) is 126 cm³/mol. The molecule has 0 aliphatic carbocycles. The average Bonchev–Trinajstić information content (AvgIpc) is 2.81. The number of hydrogen-bond donors (Lipinski definition) is 5. The van der Waals surface area contributed by atoms with Crippen LogP contribution < -0.4 is 11.1 Å². The van der Waals surface area contributed by atoms with E-state index in [9.17, 15) is 9.90 Å². The minimum Gasteiger partial charge on any atom is -0.507 e. The van der Waals surface area contributed by atoms with Gasteiger partial charge in [0.25, 0.3) is 0 Å². The van der Waals surface area contributed by atoms with Crippen molar-refractivity contribution in [1.29, 1.82) is 0 Å². The normalized spacial score (nSPS) is 10.8. The highest BCUT2D eigenvalue weighted by molar-refractivity contribution is 7.95. The zero-order valence-corrected chi connectivity index (χ0v) is 20.3. The molecule has 0 atom stereocenters. The number of carbonyl (C=O) groups is 1. The van der Waals surface area contributed by atoms with Gasteiger partial charge in [-0.25, -0.2) is 10.5 Å². The van der Waals surface area contributed by atoms with E-state index in [1.54, 1.807) is 24.3 Å². The van der Waals surface area contributed by atoms with Crippen molar-refractivity contribution in [2.24, 2.45) is 10.2 Å². The van der Waals surface area contributed by atoms with Crippen LogP contribution in [0.4, 0.5) is 22.7 Å². The summed E-state index contributed by atoms with van der Waals surface area (Å²) in [6.07, 6.45) is 0. The average molecular weight is 561 g/mol. The Morgan fingerprint density at radius 2 is 1.64 bits per heavy atom. The highest BCUT2D eigenvalue weighted by Gasteiger charge is 2.16. The number of hydrogen-bond acceptors (Lipinski definition) is 16. The van der Waals surface area contributed by atoms with Crippen LogP contribution in [0.25, 0.3) is 10.8 Å². The number of carbonyl (C=O) groups excluding carboxylic acids is 1. The van der Waals surface area contributed by atoms with E-state index in [-0.39, 0.29) is 28.7 Å². The van der Waals surface area contributed by atoms with E-state index in [0.29, 0.717) is 50.3 Å². The van der Waals surface area contributed by atoms with Crippen LogP contribution in [0.2, 0.25) is 0 Å². The zero-order chi connectivity index (χ0) is 26.7. The standard InChI is InChI=1S/C18H16N4O8S2.O3S/c1-9(23)20-11-5-6-12(14(8-11)31-29-27-25)21-22-18-16-10(3-2-4-13(16)24)7-15(17(18)19)32-30-28-26;1-4(2)3/h2-8,24-26H,19H2,1H3,(H,20,23);. The van der Waals surface area contributed by atoms with Crippen LogP contribution in [-0.4, -0.2) is 34.2 Å². The number of phenols is 1. The first kappa shape index (κ1) is 28.9. The minimum absolute atomic E-state index is 0.0772. The molecule has 0 bridgehead atoms. The molecular formula is C18H16N4O11S3. The number of aromatic hydroxyl groups is 1. The van der Waals surface area contributed by atoms with E-state index in [1.165, 1.54) is 25.1 Å². The number of nitrogens with one attached hydrogen (secondary N) is 1. The van der Waals surface area contributed by atoms with Crippen LogP contribution in [0.1, 0.15) is 6.92 Å². The smallest absolute Gasteiger partial charge is 0.425 e. The molecular weight excluding hydrogens is 544 g/mol. The van der Waals surface area contributed by atoms with Crippen LogP contribution in [0.5, 0.6) is 5.75 Å². The molecule has 1 amide bonds. The number of rotatable bonds is 9. The summed E-state index contributed by atoms with van der Waals surface area (Å²) in [5.41, 5.74) is 7.14. The third-order valence-corrected chi connectivity index (χ3v) is 5.25. The largest absolute Gasteiger partial charge is 0.507 e. The molecule has 0 aliphatic heterocycles. The van der Waals surface area contributed by atoms with E-state index < -0.39 is 10.6 Å². The molecule has 15 nitrogen and oxygen atoms in total. The second-order valence-corrected chi connectivity index (χ2v) is 8.13. The molecule has 3 aromatic rings. The van der Waals surface area contributed by atoms with Crippen molar-refractivity contribution in [1.82, 2.24) is 0 Å². The lowest BCUT2D eigenvalue weighted by molar-refractivity contribution is -0.432. The third kappa shape index (κ3) is 8.41. The molecule has 0 unspecified atom stereocenters. The van der Waals surface area contributed by atoms with E-state index >= 15 is 0 Å². The number of nitrogen functional groups attached to an aromatic ring is 1. The van der Waals surface area contributed by atoms with Crippen LogP contribution in [0.3, 0.4) is 0 Å². The summed E-state index contributed by atoms with van der Waals surface area (Å²) in [4.78, 5) is 12.0. The summed E-state index contributed by atoms with van der Waals surface area (Å²) in [6.45, 7) is 1.35. The van der Waals surface area contributed by atoms with Crippen LogP contribution in [0.15, 0.2) is 62.5 Å². The van der Waals surface area contributed by atoms with Gasteiger partial charge in [-0.3, -0.25) is 4.79 Å². The molecule has 0 aromatic heterocycles. The highest BCUT2D eigenvalue weighted by Crippen LogP contribution is 2.44. The summed E-state index contributed by atoms with van der Waals surface area (Å²) >= 11 is 1.26. The molecule has 0 heterocycles. The Morgan fingerprint density at radius 1 is 1.00 bits per heavy atom. The quantitative estimate of drug-likeness (QED) is 0.0805. The second kappa shape index (κ2) is 14.3. The van der Waals surface area contributed by atoms with Crippen molar-refractivity contribution >= 4 is 74.1 Å². The Kier molecular flexibility index (Phi) is 11.5. The van der Waals surface area contributed by atoms with E-state index in [1.807, 2.05) is 0 Å². The lowest BCUT2D eigenvalue weighted by atomic mass is 10.1. The van der Waals surface area contributed by atoms with Crippen LogP contribution in [-0.2, 0) is 34.1 Å². The monoisotopic (exact) mass is 560 g/mol. The van der Waals surface area contributed by atoms with E-state index in [2.05, 4.69) is 34.3 Å². The Hall–Kier alpha value is -3.33. The van der Waals surface area contributed by atoms with Gasteiger partial charge in [-0.15, -0.1) is 31.5 Å². The van der Waals surface area contributed by atoms with Gasteiger partial charge in [0.2, 0.25) is 5.91 Å². The summed E-state index contributed by atoms with van der Waals surface area (Å²) in [5, 5.41) is 46.4. The fraction of sp³-hybridized carbons (Fsp3) is 0.0556. The maximum absolute atomic E-state index is 11.3. The Morgan fingerprint density at radius 3 is 2.25 bits per heavy atom. The molecule has 3 aromatic carbocycles. The van der Waals surface area contributed by atoms with Gasteiger partial charge in [0.15, 0.2) is 0 Å². The summed E-state index contributed by atoms with van der Waals surface area (Å²) < 4.78 is 34.3. The SMILES string of the molecule is CC(=O)Nc1ccc(N=Nc2c(N)c(SOOO)cc3cccc(O)c23)c(SOOO)c1.O=S(=O)=O. The maximum atomic E-state index is 11.3. The number of phenolic OH excluding ortho intramolecular Hbond substituents is 1. The Labute approximate surface area is 212 Å². The summed E-state index contributed by atoms with van der Waals surface area (Å²) in [5.74, 6) is -0.362. The van der Waals surface area contributed by atoms with Crippen molar-refractivity contribution in [2.75, 3.05) is 11.1 Å². The lowest BCUT2D eigenvalue weighted by Crippen LogP contribution is -2.05. The van der Waals surface area contributed by atoms with Gasteiger partial charge in [-0.2, -0.15) is 0 Å². The van der Waals surface area contributed by atoms with Crippen molar-refractivity contribution in [3.05, 3.63) is 42.5 Å². The summed E-state index contributed by atoms with van der Waals surface area (Å²) in [7, 11) is -3.11. The molecule has 0 saturated heterocycles. The Balaban J connectivity index is 0.00000106. The second-order valence-electron chi connectivity index (χ2n) is 6.23. The molecule has 0 fully saturated rings. The van der Waals surface area contributed by atoms with Crippen LogP contribution in [0, 0.1) is 0 Å². The van der Waals surface area contributed by atoms with Gasteiger partial charge in [0.1, 0.15) is 17.1 Å². The number of nitrogens with zero attached hydrogens (tertiary/aromatic N) is 2. The van der Waals surface area contributed by atoms with Gasteiger partial charge in [0, 0.05) is 12.6 Å². The predicted octanol–water partition coefficient (Wildman–Crippen LogP) is 4.35. The molecule has 0 radical (unpaired) electrons. The van der Waals surface area contributed by atoms with Crippen LogP contribution >= 0.6 is 24.1 Å². The number of nitrogens with two attached hydrogens (primary N) is 1. The minimum atomic E-state index is -3.11. The number of anilines is 2. The zero-order valence-electron chi connectivity index (χ0n) is 17.8. The number of azo groups is 1. The molecule has 36 heavy (non-hydrogen) atoms. The van der Waals surface area contributed by atoms with E-state index in [4.69, 9.17) is 28.9 Å². The fourth-order valence-corrected chi connectivity index (χ4v) is 3.67. The first-order valence-corrected chi connectivity index (χ1v) is 11.6. The summed E-state index contributed by atoms with van der Waals surface area (Å²) in [6, 6.07) is 11.1. The number of amides is 1. The molecule has 3 rings (SSSR count). The highest BCUT2D eigenvalue weighted by atomic mass is 32.2.